The van der Waals surface area contributed by atoms with Gasteiger partial charge in [-0.3, -0.25) is 0 Å². The monoisotopic (exact) mass is 286 g/mol. The normalized spacial score (nSPS) is 11.1. The van der Waals surface area contributed by atoms with E-state index in [1.165, 1.54) is 6.39 Å². The summed E-state index contributed by atoms with van der Waals surface area (Å²) in [7, 11) is 0. The molecule has 7 heteroatoms. The maximum absolute atomic E-state index is 11.0. The van der Waals surface area contributed by atoms with E-state index in [-0.39, 0.29) is 5.56 Å². The molecule has 0 fully saturated rings. The predicted octanol–water partition coefficient (Wildman–Crippen LogP) is 1.92. The van der Waals surface area contributed by atoms with Gasteiger partial charge in [0.15, 0.2) is 5.82 Å². The zero-order chi connectivity index (χ0) is 14.8. The number of aromatic nitrogens is 4. The van der Waals surface area contributed by atoms with Crippen molar-refractivity contribution in [3.8, 4) is 0 Å². The first kappa shape index (κ1) is 13.3. The predicted molar refractivity (Wildman–Crippen MR) is 74.1 cm³/mol. The first-order valence-electron chi connectivity index (χ1n) is 6.66. The number of aromatic carboxylic acids is 1. The maximum atomic E-state index is 11.0. The van der Waals surface area contributed by atoms with Crippen LogP contribution in [0.1, 0.15) is 28.9 Å². The van der Waals surface area contributed by atoms with Crippen molar-refractivity contribution in [1.29, 1.82) is 0 Å². The number of rotatable bonds is 5. The van der Waals surface area contributed by atoms with Crippen molar-refractivity contribution in [3.05, 3.63) is 41.8 Å². The number of hydrogen-bond donors (Lipinski definition) is 1. The zero-order valence-corrected chi connectivity index (χ0v) is 11.5. The molecule has 0 saturated carbocycles. The molecular formula is C14H14N4O3. The van der Waals surface area contributed by atoms with Gasteiger partial charge in [-0.1, -0.05) is 12.1 Å². The molecule has 0 atom stereocenters. The van der Waals surface area contributed by atoms with Gasteiger partial charge in [0.25, 0.3) is 0 Å². The Hall–Kier alpha value is -2.70. The molecule has 0 saturated heterocycles. The number of carboxylic acid groups (broad SMARTS) is 1. The number of aryl methyl sites for hydroxylation is 3. The van der Waals surface area contributed by atoms with E-state index in [1.54, 1.807) is 18.2 Å². The summed E-state index contributed by atoms with van der Waals surface area (Å²) in [5.41, 5.74) is 1.85. The minimum Gasteiger partial charge on any atom is -0.478 e. The third kappa shape index (κ3) is 2.49. The van der Waals surface area contributed by atoms with Crippen molar-refractivity contribution in [3.63, 3.8) is 0 Å². The van der Waals surface area contributed by atoms with Crippen molar-refractivity contribution < 1.29 is 14.4 Å². The Labute approximate surface area is 120 Å². The quantitative estimate of drug-likeness (QED) is 0.770. The molecule has 0 aliphatic rings. The van der Waals surface area contributed by atoms with E-state index in [4.69, 9.17) is 9.63 Å². The Bertz CT molecular complexity index is 777. The Morgan fingerprint density at radius 2 is 2.29 bits per heavy atom. The summed E-state index contributed by atoms with van der Waals surface area (Å²) in [4.78, 5) is 19.5. The van der Waals surface area contributed by atoms with Crippen LogP contribution in [-0.4, -0.2) is 30.8 Å². The largest absolute Gasteiger partial charge is 0.478 e. The van der Waals surface area contributed by atoms with Crippen LogP contribution in [0.4, 0.5) is 0 Å². The van der Waals surface area contributed by atoms with Crippen molar-refractivity contribution in [1.82, 2.24) is 19.7 Å². The number of carbonyl (C=O) groups is 1. The van der Waals surface area contributed by atoms with Crippen LogP contribution in [0.3, 0.4) is 0 Å². The fraction of sp³-hybridized carbons (Fsp3) is 0.286. The van der Waals surface area contributed by atoms with Gasteiger partial charge < -0.3 is 14.2 Å². The van der Waals surface area contributed by atoms with Crippen LogP contribution in [0.25, 0.3) is 11.0 Å². The summed E-state index contributed by atoms with van der Waals surface area (Å²) >= 11 is 0. The summed E-state index contributed by atoms with van der Waals surface area (Å²) in [6.45, 7) is 2.69. The topological polar surface area (TPSA) is 94.0 Å². The lowest BCUT2D eigenvalue weighted by atomic mass is 10.2. The third-order valence-electron chi connectivity index (χ3n) is 3.36. The molecule has 0 unspecified atom stereocenters. The Balaban J connectivity index is 1.97. The molecule has 21 heavy (non-hydrogen) atoms. The van der Waals surface area contributed by atoms with Crippen molar-refractivity contribution in [2.75, 3.05) is 0 Å². The Morgan fingerprint density at radius 1 is 1.43 bits per heavy atom. The van der Waals surface area contributed by atoms with E-state index in [9.17, 15) is 4.79 Å². The number of nitrogens with zero attached hydrogens (tertiary/aromatic N) is 4. The fourth-order valence-corrected chi connectivity index (χ4v) is 2.35. The van der Waals surface area contributed by atoms with E-state index in [0.29, 0.717) is 24.3 Å². The standard InChI is InChI=1S/C14H14N4O3/c1-2-13-16-10-7-9(14(19)20)3-4-11(10)18(13)6-5-12-15-8-21-17-12/h3-4,7-8H,2,5-6H2,1H3,(H,19,20). The average Bonchev–Trinajstić information content (AvgIpc) is 3.11. The lowest BCUT2D eigenvalue weighted by Crippen LogP contribution is -2.06. The molecule has 2 heterocycles. The van der Waals surface area contributed by atoms with Gasteiger partial charge in [0.1, 0.15) is 5.82 Å². The maximum Gasteiger partial charge on any atom is 0.335 e. The van der Waals surface area contributed by atoms with E-state index < -0.39 is 5.97 Å². The highest BCUT2D eigenvalue weighted by Gasteiger charge is 2.12. The van der Waals surface area contributed by atoms with Crippen molar-refractivity contribution >= 4 is 17.0 Å². The van der Waals surface area contributed by atoms with E-state index in [0.717, 1.165) is 17.8 Å². The van der Waals surface area contributed by atoms with Crippen LogP contribution in [0, 0.1) is 0 Å². The molecule has 108 valence electrons. The van der Waals surface area contributed by atoms with Gasteiger partial charge in [-0.15, -0.1) is 0 Å². The Kier molecular flexibility index (Phi) is 3.39. The molecule has 1 aromatic carbocycles. The van der Waals surface area contributed by atoms with Crippen LogP contribution in [0.15, 0.2) is 29.1 Å². The number of carboxylic acids is 1. The second kappa shape index (κ2) is 5.35. The number of benzene rings is 1. The van der Waals surface area contributed by atoms with E-state index >= 15 is 0 Å². The van der Waals surface area contributed by atoms with Crippen LogP contribution in [0.2, 0.25) is 0 Å². The van der Waals surface area contributed by atoms with Gasteiger partial charge in [0.2, 0.25) is 6.39 Å². The SMILES string of the molecule is CCc1nc2cc(C(=O)O)ccc2n1CCc1ncon1. The summed E-state index contributed by atoms with van der Waals surface area (Å²) in [6, 6.07) is 4.99. The summed E-state index contributed by atoms with van der Waals surface area (Å²) in [6.07, 6.45) is 2.71. The highest BCUT2D eigenvalue weighted by Crippen LogP contribution is 2.19. The molecule has 0 spiro atoms. The van der Waals surface area contributed by atoms with Crippen LogP contribution in [-0.2, 0) is 19.4 Å². The second-order valence-corrected chi connectivity index (χ2v) is 4.64. The molecule has 0 amide bonds. The molecule has 0 radical (unpaired) electrons. The van der Waals surface area contributed by atoms with Crippen molar-refractivity contribution in [2.45, 2.75) is 26.3 Å². The first-order chi connectivity index (χ1) is 10.2. The van der Waals surface area contributed by atoms with Crippen molar-refractivity contribution in [2.24, 2.45) is 0 Å². The minimum atomic E-state index is -0.948. The average molecular weight is 286 g/mol. The molecule has 0 aliphatic carbocycles. The summed E-state index contributed by atoms with van der Waals surface area (Å²) in [5.74, 6) is 0.605. The smallest absolute Gasteiger partial charge is 0.335 e. The first-order valence-corrected chi connectivity index (χ1v) is 6.66. The summed E-state index contributed by atoms with van der Waals surface area (Å²) < 4.78 is 6.79. The molecule has 1 N–H and O–H groups in total. The lowest BCUT2D eigenvalue weighted by Gasteiger charge is -2.06. The molecule has 0 aliphatic heterocycles. The van der Waals surface area contributed by atoms with Gasteiger partial charge >= 0.3 is 5.97 Å². The molecule has 2 aromatic heterocycles. The van der Waals surface area contributed by atoms with Gasteiger partial charge in [-0.05, 0) is 18.2 Å². The zero-order valence-electron chi connectivity index (χ0n) is 11.5. The molecular weight excluding hydrogens is 272 g/mol. The minimum absolute atomic E-state index is 0.243. The van der Waals surface area contributed by atoms with Gasteiger partial charge in [-0.25, -0.2) is 9.78 Å². The van der Waals surface area contributed by atoms with Gasteiger partial charge in [0, 0.05) is 19.4 Å². The summed E-state index contributed by atoms with van der Waals surface area (Å²) in [5, 5.41) is 12.8. The lowest BCUT2D eigenvalue weighted by molar-refractivity contribution is 0.0697. The molecule has 3 rings (SSSR count). The molecule has 7 nitrogen and oxygen atoms in total. The van der Waals surface area contributed by atoms with E-state index in [2.05, 4.69) is 19.7 Å². The molecule has 0 bridgehead atoms. The van der Waals surface area contributed by atoms with Crippen LogP contribution >= 0.6 is 0 Å². The number of fused-ring (bicyclic) bond motifs is 1. The fourth-order valence-electron chi connectivity index (χ4n) is 2.35. The molecule has 3 aromatic rings. The Morgan fingerprint density at radius 3 is 2.95 bits per heavy atom. The highest BCUT2D eigenvalue weighted by molar-refractivity contribution is 5.92. The second-order valence-electron chi connectivity index (χ2n) is 4.64. The highest BCUT2D eigenvalue weighted by atomic mass is 16.5. The number of imidazole rings is 1. The van der Waals surface area contributed by atoms with E-state index in [1.807, 2.05) is 6.92 Å². The van der Waals surface area contributed by atoms with Gasteiger partial charge in [0.05, 0.1) is 16.6 Å². The van der Waals surface area contributed by atoms with Gasteiger partial charge in [-0.2, -0.15) is 4.98 Å². The third-order valence-corrected chi connectivity index (χ3v) is 3.36. The van der Waals surface area contributed by atoms with Crippen LogP contribution < -0.4 is 0 Å². The number of hydrogen-bond acceptors (Lipinski definition) is 5. The van der Waals surface area contributed by atoms with Crippen LogP contribution in [0.5, 0.6) is 0 Å².